The minimum atomic E-state index is -0.123. The average molecular weight is 379 g/mol. The number of carbonyl (C=O) groups excluding carboxylic acids is 2. The molecule has 0 radical (unpaired) electrons. The number of thioether (sulfide) groups is 1. The van der Waals surface area contributed by atoms with E-state index in [-0.39, 0.29) is 16.4 Å². The number of amides is 2. The molecule has 4 rings (SSSR count). The van der Waals surface area contributed by atoms with Gasteiger partial charge in [-0.15, -0.1) is 0 Å². The van der Waals surface area contributed by atoms with E-state index in [2.05, 4.69) is 16.6 Å². The summed E-state index contributed by atoms with van der Waals surface area (Å²) >= 11 is 1.24. The Balaban J connectivity index is 1.59. The molecule has 2 aromatic carbocycles. The van der Waals surface area contributed by atoms with Gasteiger partial charge >= 0.3 is 0 Å². The fourth-order valence-electron chi connectivity index (χ4n) is 3.62. The molecule has 5 nitrogen and oxygen atoms in total. The smallest absolute Gasteiger partial charge is 0.299 e. The molecule has 0 bridgehead atoms. The molecule has 2 amide bonds. The first-order valence-electron chi connectivity index (χ1n) is 9.13. The van der Waals surface area contributed by atoms with Crippen molar-refractivity contribution in [3.63, 3.8) is 0 Å². The van der Waals surface area contributed by atoms with Crippen molar-refractivity contribution in [3.8, 4) is 0 Å². The zero-order valence-electron chi connectivity index (χ0n) is 15.1. The fraction of sp³-hybridized carbons (Fsp3) is 0.286. The van der Waals surface area contributed by atoms with E-state index in [1.165, 1.54) is 11.8 Å². The molecule has 27 heavy (non-hydrogen) atoms. The first-order chi connectivity index (χ1) is 13.1. The van der Waals surface area contributed by atoms with Gasteiger partial charge < -0.3 is 4.90 Å². The lowest BCUT2D eigenvalue weighted by Gasteiger charge is -2.30. The molecule has 0 fully saturated rings. The van der Waals surface area contributed by atoms with Crippen LogP contribution in [0.25, 0.3) is 0 Å². The second kappa shape index (κ2) is 7.56. The zero-order valence-corrected chi connectivity index (χ0v) is 16.0. The molecule has 0 saturated carbocycles. The molecule has 2 aliphatic rings. The molecule has 2 aromatic rings. The van der Waals surface area contributed by atoms with Gasteiger partial charge in [0.1, 0.15) is 0 Å². The highest BCUT2D eigenvalue weighted by atomic mass is 32.2. The number of nitrogens with one attached hydrogen (secondary N) is 1. The number of benzene rings is 2. The van der Waals surface area contributed by atoms with E-state index >= 15 is 0 Å². The van der Waals surface area contributed by atoms with Crippen LogP contribution in [0.4, 0.5) is 10.5 Å². The Labute approximate surface area is 162 Å². The Morgan fingerprint density at radius 3 is 2.85 bits per heavy atom. The van der Waals surface area contributed by atoms with Gasteiger partial charge in [-0.1, -0.05) is 48.2 Å². The van der Waals surface area contributed by atoms with Crippen molar-refractivity contribution in [2.75, 3.05) is 11.4 Å². The topological polar surface area (TPSA) is 61.8 Å². The van der Waals surface area contributed by atoms with Crippen molar-refractivity contribution in [1.82, 2.24) is 5.43 Å². The van der Waals surface area contributed by atoms with Gasteiger partial charge in [-0.2, -0.15) is 5.10 Å². The second-order valence-corrected chi connectivity index (χ2v) is 8.12. The van der Waals surface area contributed by atoms with Crippen molar-refractivity contribution >= 4 is 34.3 Å². The van der Waals surface area contributed by atoms with Gasteiger partial charge in [-0.25, -0.2) is 5.43 Å². The van der Waals surface area contributed by atoms with E-state index in [0.717, 1.165) is 47.5 Å². The minimum absolute atomic E-state index is 0.0104. The lowest BCUT2D eigenvalue weighted by molar-refractivity contribution is -0.118. The average Bonchev–Trinajstić information content (AvgIpc) is 2.68. The Bertz CT molecular complexity index is 911. The molecule has 1 atom stereocenters. The minimum Gasteiger partial charge on any atom is -0.312 e. The number of carbonyl (C=O) groups is 2. The van der Waals surface area contributed by atoms with Gasteiger partial charge in [0.2, 0.25) is 5.91 Å². The van der Waals surface area contributed by atoms with E-state index in [9.17, 15) is 9.59 Å². The van der Waals surface area contributed by atoms with E-state index in [1.54, 1.807) is 0 Å². The van der Waals surface area contributed by atoms with Crippen LogP contribution >= 0.6 is 11.8 Å². The predicted molar refractivity (Wildman–Crippen MR) is 109 cm³/mol. The molecule has 138 valence electrons. The number of hydrogen-bond acceptors (Lipinski definition) is 4. The highest BCUT2D eigenvalue weighted by Gasteiger charge is 2.26. The van der Waals surface area contributed by atoms with Crippen LogP contribution in [0.1, 0.15) is 30.0 Å². The van der Waals surface area contributed by atoms with Crippen molar-refractivity contribution in [2.24, 2.45) is 5.10 Å². The van der Waals surface area contributed by atoms with Crippen LogP contribution < -0.4 is 10.3 Å². The zero-order chi connectivity index (χ0) is 18.8. The Morgan fingerprint density at radius 1 is 1.26 bits per heavy atom. The summed E-state index contributed by atoms with van der Waals surface area (Å²) in [5.74, 6) is 0.126. The first-order valence-corrected chi connectivity index (χ1v) is 10.0. The maximum absolute atomic E-state index is 12.9. The van der Waals surface area contributed by atoms with Gasteiger partial charge in [-0.05, 0) is 48.6 Å². The summed E-state index contributed by atoms with van der Waals surface area (Å²) < 4.78 is 0. The van der Waals surface area contributed by atoms with Crippen LogP contribution in [0.5, 0.6) is 0 Å². The van der Waals surface area contributed by atoms with Gasteiger partial charge in [0.25, 0.3) is 5.24 Å². The first kappa shape index (κ1) is 17.8. The van der Waals surface area contributed by atoms with Crippen molar-refractivity contribution in [3.05, 3.63) is 65.2 Å². The molecule has 1 unspecified atom stereocenters. The quantitative estimate of drug-likeness (QED) is 0.883. The third-order valence-corrected chi connectivity index (χ3v) is 5.81. The second-order valence-electron chi connectivity index (χ2n) is 6.81. The van der Waals surface area contributed by atoms with Crippen molar-refractivity contribution in [2.45, 2.75) is 31.4 Å². The standard InChI is InChI=1S/C21H21N3O2S/c1-14-20(22-23-21(26)27-14)17-9-10-18-16(13-17)8-5-11-24(18)19(25)12-15-6-3-2-4-7-15/h2-4,6-7,9-10,13-14H,5,8,11-12H2,1H3,(H,23,26). The third-order valence-electron chi connectivity index (χ3n) is 4.93. The number of nitrogens with zero attached hydrogens (tertiary/aromatic N) is 2. The number of hydrogen-bond donors (Lipinski definition) is 1. The summed E-state index contributed by atoms with van der Waals surface area (Å²) in [6.07, 6.45) is 2.30. The molecule has 2 heterocycles. The van der Waals surface area contributed by atoms with Crippen LogP contribution in [0.3, 0.4) is 0 Å². The predicted octanol–water partition coefficient (Wildman–Crippen LogP) is 3.76. The normalized spacial score (nSPS) is 19.1. The van der Waals surface area contributed by atoms with Crippen molar-refractivity contribution < 1.29 is 9.59 Å². The molecule has 0 spiro atoms. The third kappa shape index (κ3) is 3.76. The SMILES string of the molecule is CC1SC(=O)NN=C1c1ccc2c(c1)CCCN2C(=O)Cc1ccccc1. The van der Waals surface area contributed by atoms with E-state index in [0.29, 0.717) is 6.42 Å². The molecule has 0 saturated heterocycles. The molecule has 1 N–H and O–H groups in total. The van der Waals surface area contributed by atoms with E-state index < -0.39 is 0 Å². The van der Waals surface area contributed by atoms with Gasteiger partial charge in [0, 0.05) is 12.2 Å². The highest BCUT2D eigenvalue weighted by Crippen LogP contribution is 2.30. The summed E-state index contributed by atoms with van der Waals surface area (Å²) in [6.45, 7) is 2.73. The Hall–Kier alpha value is -2.60. The lowest BCUT2D eigenvalue weighted by atomic mass is 9.96. The summed E-state index contributed by atoms with van der Waals surface area (Å²) in [4.78, 5) is 26.2. The maximum Gasteiger partial charge on any atom is 0.299 e. The summed E-state index contributed by atoms with van der Waals surface area (Å²) in [5.41, 5.74) is 7.61. The Morgan fingerprint density at radius 2 is 2.07 bits per heavy atom. The van der Waals surface area contributed by atoms with Gasteiger partial charge in [0.15, 0.2) is 0 Å². The van der Waals surface area contributed by atoms with Crippen LogP contribution in [0, 0.1) is 0 Å². The maximum atomic E-state index is 12.9. The van der Waals surface area contributed by atoms with Gasteiger partial charge in [0.05, 0.1) is 17.4 Å². The monoisotopic (exact) mass is 379 g/mol. The van der Waals surface area contributed by atoms with Crippen LogP contribution in [0.2, 0.25) is 0 Å². The number of hydrazone groups is 1. The number of anilines is 1. The van der Waals surface area contributed by atoms with Crippen LogP contribution in [-0.2, 0) is 17.6 Å². The molecule has 0 aliphatic carbocycles. The molecule has 2 aliphatic heterocycles. The number of fused-ring (bicyclic) bond motifs is 1. The summed E-state index contributed by atoms with van der Waals surface area (Å²) in [5, 5.41) is 4.12. The van der Waals surface area contributed by atoms with Crippen LogP contribution in [-0.4, -0.2) is 28.7 Å². The highest BCUT2D eigenvalue weighted by molar-refractivity contribution is 8.14. The van der Waals surface area contributed by atoms with Crippen molar-refractivity contribution in [1.29, 1.82) is 0 Å². The molecular weight excluding hydrogens is 358 g/mol. The molecule has 6 heteroatoms. The molecule has 0 aromatic heterocycles. The van der Waals surface area contributed by atoms with Crippen LogP contribution in [0.15, 0.2) is 53.6 Å². The largest absolute Gasteiger partial charge is 0.312 e. The molecular formula is C21H21N3O2S. The Kier molecular flexibility index (Phi) is 4.99. The van der Waals surface area contributed by atoms with E-state index in [4.69, 9.17) is 0 Å². The van der Waals surface area contributed by atoms with E-state index in [1.807, 2.05) is 54.3 Å². The van der Waals surface area contributed by atoms with Gasteiger partial charge in [-0.3, -0.25) is 9.59 Å². The number of rotatable bonds is 3. The lowest BCUT2D eigenvalue weighted by Crippen LogP contribution is -2.37. The fourth-order valence-corrected chi connectivity index (χ4v) is 4.34. The summed E-state index contributed by atoms with van der Waals surface area (Å²) in [6, 6.07) is 16.0. The summed E-state index contributed by atoms with van der Waals surface area (Å²) in [7, 11) is 0. The number of aryl methyl sites for hydroxylation is 1.